The fraction of sp³-hybridized carbons (Fsp3) is 1.00. The van der Waals surface area contributed by atoms with E-state index in [1.54, 1.807) is 0 Å². The van der Waals surface area contributed by atoms with E-state index in [1.165, 1.54) is 19.4 Å². The first-order valence-corrected chi connectivity index (χ1v) is 5.95. The molecule has 0 aromatic carbocycles. The Balaban J connectivity index is 2.25. The fourth-order valence-electron chi connectivity index (χ4n) is 1.90. The number of nitrogens with zero attached hydrogens (tertiary/aromatic N) is 1. The Morgan fingerprint density at radius 3 is 2.57 bits per heavy atom. The average molecular weight is 199 g/mol. The predicted molar refractivity (Wildman–Crippen MR) is 60.5 cm³/mol. The predicted octanol–water partition coefficient (Wildman–Crippen LogP) is 2.53. The second kappa shape index (κ2) is 5.72. The molecule has 0 aromatic rings. The highest BCUT2D eigenvalue weighted by atomic mass is 16.5. The van der Waals surface area contributed by atoms with Gasteiger partial charge in [0.05, 0.1) is 6.10 Å². The summed E-state index contributed by atoms with van der Waals surface area (Å²) in [6, 6.07) is 0.667. The highest BCUT2D eigenvalue weighted by Crippen LogP contribution is 2.16. The van der Waals surface area contributed by atoms with Crippen molar-refractivity contribution in [3.8, 4) is 0 Å². The van der Waals surface area contributed by atoms with Crippen molar-refractivity contribution in [3.63, 3.8) is 0 Å². The van der Waals surface area contributed by atoms with Crippen LogP contribution in [0, 0.1) is 5.92 Å². The van der Waals surface area contributed by atoms with E-state index in [0.717, 1.165) is 13.2 Å². The third-order valence-corrected chi connectivity index (χ3v) is 2.81. The minimum Gasteiger partial charge on any atom is -0.377 e. The third-order valence-electron chi connectivity index (χ3n) is 2.81. The molecule has 0 radical (unpaired) electrons. The zero-order chi connectivity index (χ0) is 10.6. The van der Waals surface area contributed by atoms with Gasteiger partial charge in [0.25, 0.3) is 0 Å². The molecule has 1 atom stereocenters. The van der Waals surface area contributed by atoms with E-state index >= 15 is 0 Å². The van der Waals surface area contributed by atoms with Crippen LogP contribution in [0.2, 0.25) is 0 Å². The number of piperidine rings is 1. The van der Waals surface area contributed by atoms with Crippen molar-refractivity contribution in [2.24, 2.45) is 5.92 Å². The number of hydrogen-bond acceptors (Lipinski definition) is 2. The Hall–Kier alpha value is -0.0800. The van der Waals surface area contributed by atoms with Gasteiger partial charge in [-0.2, -0.15) is 0 Å². The lowest BCUT2D eigenvalue weighted by Crippen LogP contribution is -2.43. The first kappa shape index (κ1) is 12.0. The first-order chi connectivity index (χ1) is 6.59. The molecule has 0 amide bonds. The summed E-state index contributed by atoms with van der Waals surface area (Å²) in [6.07, 6.45) is 3.02. The minimum absolute atomic E-state index is 0.480. The van der Waals surface area contributed by atoms with Crippen LogP contribution in [-0.2, 0) is 4.74 Å². The highest BCUT2D eigenvalue weighted by molar-refractivity contribution is 4.75. The molecule has 0 bridgehead atoms. The van der Waals surface area contributed by atoms with Crippen molar-refractivity contribution in [1.82, 2.24) is 4.90 Å². The van der Waals surface area contributed by atoms with Crippen LogP contribution < -0.4 is 0 Å². The van der Waals surface area contributed by atoms with E-state index in [1.807, 2.05) is 0 Å². The second-order valence-electron chi connectivity index (χ2n) is 5.08. The lowest BCUT2D eigenvalue weighted by molar-refractivity contribution is -0.0189. The molecular weight excluding hydrogens is 174 g/mol. The van der Waals surface area contributed by atoms with Gasteiger partial charge >= 0.3 is 0 Å². The van der Waals surface area contributed by atoms with Crippen LogP contribution in [0.3, 0.4) is 0 Å². The summed E-state index contributed by atoms with van der Waals surface area (Å²) in [7, 11) is 0. The van der Waals surface area contributed by atoms with Gasteiger partial charge in [-0.15, -0.1) is 0 Å². The number of rotatable bonds is 4. The zero-order valence-corrected chi connectivity index (χ0v) is 10.1. The first-order valence-electron chi connectivity index (χ1n) is 5.95. The van der Waals surface area contributed by atoms with Crippen LogP contribution in [0.1, 0.15) is 40.5 Å². The molecule has 2 heteroatoms. The van der Waals surface area contributed by atoms with Crippen molar-refractivity contribution in [1.29, 1.82) is 0 Å². The minimum atomic E-state index is 0.480. The van der Waals surface area contributed by atoms with E-state index in [2.05, 4.69) is 32.6 Å². The molecule has 14 heavy (non-hydrogen) atoms. The van der Waals surface area contributed by atoms with Gasteiger partial charge in [0.1, 0.15) is 0 Å². The maximum atomic E-state index is 5.88. The molecule has 1 saturated heterocycles. The molecule has 1 heterocycles. The van der Waals surface area contributed by atoms with Crippen LogP contribution in [0.15, 0.2) is 0 Å². The van der Waals surface area contributed by atoms with Crippen molar-refractivity contribution in [3.05, 3.63) is 0 Å². The summed E-state index contributed by atoms with van der Waals surface area (Å²) in [5.41, 5.74) is 0. The zero-order valence-electron chi connectivity index (χ0n) is 10.1. The van der Waals surface area contributed by atoms with Gasteiger partial charge in [-0.25, -0.2) is 0 Å². The molecule has 0 N–H and O–H groups in total. The SMILES string of the molecule is CC(C)COC1CCCN(C(C)C)C1. The Kier molecular flexibility index (Phi) is 4.90. The quantitative estimate of drug-likeness (QED) is 0.690. The molecule has 1 fully saturated rings. The summed E-state index contributed by atoms with van der Waals surface area (Å²) in [6.45, 7) is 12.3. The van der Waals surface area contributed by atoms with Gasteiger partial charge in [-0.3, -0.25) is 4.90 Å². The summed E-state index contributed by atoms with van der Waals surface area (Å²) in [5, 5.41) is 0. The Morgan fingerprint density at radius 2 is 2.00 bits per heavy atom. The van der Waals surface area contributed by atoms with Crippen LogP contribution in [0.25, 0.3) is 0 Å². The smallest absolute Gasteiger partial charge is 0.0702 e. The maximum Gasteiger partial charge on any atom is 0.0702 e. The summed E-state index contributed by atoms with van der Waals surface area (Å²) >= 11 is 0. The van der Waals surface area contributed by atoms with Crippen molar-refractivity contribution < 1.29 is 4.74 Å². The van der Waals surface area contributed by atoms with Gasteiger partial charge in [-0.05, 0) is 39.2 Å². The van der Waals surface area contributed by atoms with Gasteiger partial charge in [-0.1, -0.05) is 13.8 Å². The maximum absolute atomic E-state index is 5.88. The molecule has 0 aromatic heterocycles. The van der Waals surface area contributed by atoms with Crippen molar-refractivity contribution in [2.75, 3.05) is 19.7 Å². The molecule has 1 unspecified atom stereocenters. The van der Waals surface area contributed by atoms with Crippen LogP contribution >= 0.6 is 0 Å². The van der Waals surface area contributed by atoms with Gasteiger partial charge < -0.3 is 4.74 Å². The van der Waals surface area contributed by atoms with E-state index in [-0.39, 0.29) is 0 Å². The Bertz CT molecular complexity index is 156. The number of ether oxygens (including phenoxy) is 1. The highest BCUT2D eigenvalue weighted by Gasteiger charge is 2.21. The molecule has 1 rings (SSSR count). The largest absolute Gasteiger partial charge is 0.377 e. The normalized spacial score (nSPS) is 24.9. The van der Waals surface area contributed by atoms with Crippen LogP contribution in [-0.4, -0.2) is 36.7 Å². The van der Waals surface area contributed by atoms with Gasteiger partial charge in [0.2, 0.25) is 0 Å². The van der Waals surface area contributed by atoms with Gasteiger partial charge in [0, 0.05) is 19.2 Å². The molecule has 84 valence electrons. The monoisotopic (exact) mass is 199 g/mol. The Morgan fingerprint density at radius 1 is 1.29 bits per heavy atom. The number of hydrogen-bond donors (Lipinski definition) is 0. The fourth-order valence-corrected chi connectivity index (χ4v) is 1.90. The molecule has 2 nitrogen and oxygen atoms in total. The average Bonchev–Trinajstić information content (AvgIpc) is 2.15. The van der Waals surface area contributed by atoms with E-state index in [0.29, 0.717) is 18.1 Å². The molecule has 0 saturated carbocycles. The molecule has 0 spiro atoms. The molecular formula is C12H25NO. The Labute approximate surface area is 88.6 Å². The van der Waals surface area contributed by atoms with E-state index in [9.17, 15) is 0 Å². The molecule has 0 aliphatic carbocycles. The summed E-state index contributed by atoms with van der Waals surface area (Å²) < 4.78 is 5.88. The molecule has 1 aliphatic rings. The standard InChI is InChI=1S/C12H25NO/c1-10(2)9-14-12-6-5-7-13(8-12)11(3)4/h10-12H,5-9H2,1-4H3. The van der Waals surface area contributed by atoms with E-state index < -0.39 is 0 Å². The topological polar surface area (TPSA) is 12.5 Å². The number of likely N-dealkylation sites (tertiary alicyclic amines) is 1. The second-order valence-corrected chi connectivity index (χ2v) is 5.08. The summed E-state index contributed by atoms with van der Waals surface area (Å²) in [5.74, 6) is 0.657. The lowest BCUT2D eigenvalue weighted by Gasteiger charge is -2.35. The van der Waals surface area contributed by atoms with Crippen LogP contribution in [0.4, 0.5) is 0 Å². The van der Waals surface area contributed by atoms with Crippen molar-refractivity contribution >= 4 is 0 Å². The van der Waals surface area contributed by atoms with Gasteiger partial charge in [0.15, 0.2) is 0 Å². The molecule has 1 aliphatic heterocycles. The van der Waals surface area contributed by atoms with Crippen LogP contribution in [0.5, 0.6) is 0 Å². The van der Waals surface area contributed by atoms with Crippen molar-refractivity contribution in [2.45, 2.75) is 52.7 Å². The third kappa shape index (κ3) is 3.97. The lowest BCUT2D eigenvalue weighted by atomic mass is 10.1. The van der Waals surface area contributed by atoms with E-state index in [4.69, 9.17) is 4.74 Å². The summed E-state index contributed by atoms with van der Waals surface area (Å²) in [4.78, 5) is 2.52.